The fraction of sp³-hybridized carbons (Fsp3) is 0.130. The minimum atomic E-state index is -0.255. The van der Waals surface area contributed by atoms with Crippen molar-refractivity contribution in [2.75, 3.05) is 10.5 Å². The van der Waals surface area contributed by atoms with Gasteiger partial charge >= 0.3 is 0 Å². The molecule has 0 atom stereocenters. The summed E-state index contributed by atoms with van der Waals surface area (Å²) in [5.74, 6) is 0.503. The Morgan fingerprint density at radius 1 is 1.03 bits per heavy atom. The van der Waals surface area contributed by atoms with Gasteiger partial charge in [-0.05, 0) is 55.0 Å². The highest BCUT2D eigenvalue weighted by Crippen LogP contribution is 2.32. The molecule has 0 fully saturated rings. The van der Waals surface area contributed by atoms with Crippen LogP contribution in [-0.2, 0) is 6.54 Å². The predicted molar refractivity (Wildman–Crippen MR) is 129 cm³/mol. The molecular weight excluding hydrogens is 443 g/mol. The second-order valence-corrected chi connectivity index (χ2v) is 8.68. The molecule has 0 saturated carbocycles. The summed E-state index contributed by atoms with van der Waals surface area (Å²) in [4.78, 5) is 4.68. The van der Waals surface area contributed by atoms with Crippen LogP contribution in [0, 0.1) is 12.7 Å². The van der Waals surface area contributed by atoms with Crippen molar-refractivity contribution in [1.29, 1.82) is 0 Å². The second-order valence-electron chi connectivity index (χ2n) is 7.25. The number of anilines is 1. The molecule has 0 aliphatic carbocycles. The molecule has 0 bridgehead atoms. The molecule has 2 aromatic carbocycles. The van der Waals surface area contributed by atoms with E-state index in [4.69, 9.17) is 5.10 Å². The molecule has 5 aromatic rings. The summed E-state index contributed by atoms with van der Waals surface area (Å²) in [6, 6.07) is 18.5. The summed E-state index contributed by atoms with van der Waals surface area (Å²) in [6.45, 7) is 2.66. The summed E-state index contributed by atoms with van der Waals surface area (Å²) < 4.78 is 27.1. The van der Waals surface area contributed by atoms with Gasteiger partial charge < -0.3 is 4.72 Å². The van der Waals surface area contributed by atoms with Gasteiger partial charge in [-0.1, -0.05) is 30.1 Å². The van der Waals surface area contributed by atoms with E-state index >= 15 is 0 Å². The SMILES string of the molecule is Cc1cccc(-c2nn(CCSNc3cccc(F)c3)cc2-c2ccc3nsnc3c2)n1. The van der Waals surface area contributed by atoms with E-state index in [9.17, 15) is 4.39 Å². The molecule has 3 heterocycles. The summed E-state index contributed by atoms with van der Waals surface area (Å²) in [5, 5.41) is 4.84. The molecule has 160 valence electrons. The van der Waals surface area contributed by atoms with Crippen LogP contribution in [0.15, 0.2) is 66.9 Å². The standard InChI is InChI=1S/C23H19FN6S2/c1-15-4-2-7-21(25-15)23-19(16-8-9-20-22(12-16)29-32-28-20)14-30(26-23)10-11-31-27-18-6-3-5-17(24)13-18/h2-9,12-14,27H,10-11H2,1H3. The molecular formula is C23H19FN6S2. The minimum Gasteiger partial charge on any atom is -0.330 e. The van der Waals surface area contributed by atoms with E-state index in [0.717, 1.165) is 50.7 Å². The van der Waals surface area contributed by atoms with Crippen LogP contribution in [0.2, 0.25) is 0 Å². The van der Waals surface area contributed by atoms with E-state index in [-0.39, 0.29) is 5.82 Å². The molecule has 9 heteroatoms. The van der Waals surface area contributed by atoms with E-state index < -0.39 is 0 Å². The van der Waals surface area contributed by atoms with E-state index in [1.165, 1.54) is 35.8 Å². The highest BCUT2D eigenvalue weighted by atomic mass is 32.2. The minimum absolute atomic E-state index is 0.255. The van der Waals surface area contributed by atoms with Crippen molar-refractivity contribution >= 4 is 40.4 Å². The first-order valence-electron chi connectivity index (χ1n) is 10.0. The fourth-order valence-electron chi connectivity index (χ4n) is 3.39. The first kappa shape index (κ1) is 20.6. The number of rotatable bonds is 7. The van der Waals surface area contributed by atoms with Crippen LogP contribution in [0.1, 0.15) is 5.69 Å². The Balaban J connectivity index is 1.40. The average molecular weight is 463 g/mol. The Hall–Kier alpha value is -3.30. The third kappa shape index (κ3) is 4.49. The lowest BCUT2D eigenvalue weighted by Crippen LogP contribution is -2.03. The lowest BCUT2D eigenvalue weighted by molar-refractivity contribution is 0.628. The predicted octanol–water partition coefficient (Wildman–Crippen LogP) is 5.82. The lowest BCUT2D eigenvalue weighted by Gasteiger charge is -2.05. The number of hydrogen-bond donors (Lipinski definition) is 1. The van der Waals surface area contributed by atoms with Crippen LogP contribution in [0.5, 0.6) is 0 Å². The first-order chi connectivity index (χ1) is 15.7. The topological polar surface area (TPSA) is 68.5 Å². The number of benzene rings is 2. The highest BCUT2D eigenvalue weighted by Gasteiger charge is 2.15. The third-order valence-corrected chi connectivity index (χ3v) is 6.22. The Morgan fingerprint density at radius 3 is 2.78 bits per heavy atom. The summed E-state index contributed by atoms with van der Waals surface area (Å²) >= 11 is 2.72. The maximum Gasteiger partial charge on any atom is 0.125 e. The molecule has 0 aliphatic rings. The van der Waals surface area contributed by atoms with E-state index in [2.05, 4.69) is 18.5 Å². The molecule has 32 heavy (non-hydrogen) atoms. The second kappa shape index (κ2) is 9.05. The Morgan fingerprint density at radius 2 is 1.91 bits per heavy atom. The molecule has 0 radical (unpaired) electrons. The number of fused-ring (bicyclic) bond motifs is 1. The van der Waals surface area contributed by atoms with Gasteiger partial charge in [0.1, 0.15) is 22.5 Å². The molecule has 3 aromatic heterocycles. The molecule has 1 N–H and O–H groups in total. The van der Waals surface area contributed by atoms with Crippen LogP contribution >= 0.6 is 23.7 Å². The zero-order valence-electron chi connectivity index (χ0n) is 17.2. The first-order valence-corrected chi connectivity index (χ1v) is 11.7. The van der Waals surface area contributed by atoms with E-state index in [1.54, 1.807) is 6.07 Å². The summed E-state index contributed by atoms with van der Waals surface area (Å²) in [6.07, 6.45) is 2.04. The number of hydrogen-bond acceptors (Lipinski definition) is 7. The van der Waals surface area contributed by atoms with Gasteiger partial charge in [-0.3, -0.25) is 9.67 Å². The van der Waals surface area contributed by atoms with Crippen molar-refractivity contribution in [2.24, 2.45) is 0 Å². The summed E-state index contributed by atoms with van der Waals surface area (Å²) in [7, 11) is 0. The van der Waals surface area contributed by atoms with Crippen LogP contribution < -0.4 is 4.72 Å². The highest BCUT2D eigenvalue weighted by molar-refractivity contribution is 8.00. The zero-order valence-corrected chi connectivity index (χ0v) is 18.8. The fourth-order valence-corrected chi connectivity index (χ4v) is 4.58. The molecule has 0 unspecified atom stereocenters. The number of nitrogens with one attached hydrogen (secondary N) is 1. The quantitative estimate of drug-likeness (QED) is 0.243. The van der Waals surface area contributed by atoms with Crippen molar-refractivity contribution in [3.8, 4) is 22.5 Å². The monoisotopic (exact) mass is 462 g/mol. The lowest BCUT2D eigenvalue weighted by atomic mass is 10.0. The molecule has 0 amide bonds. The van der Waals surface area contributed by atoms with Gasteiger partial charge in [0.25, 0.3) is 0 Å². The van der Waals surface area contributed by atoms with Crippen molar-refractivity contribution in [3.05, 3.63) is 78.4 Å². The largest absolute Gasteiger partial charge is 0.330 e. The van der Waals surface area contributed by atoms with Gasteiger partial charge in [0.15, 0.2) is 0 Å². The molecule has 5 rings (SSSR count). The van der Waals surface area contributed by atoms with Crippen molar-refractivity contribution in [3.63, 3.8) is 0 Å². The number of aryl methyl sites for hydroxylation is 2. The van der Waals surface area contributed by atoms with Crippen LogP contribution in [-0.4, -0.2) is 29.3 Å². The molecule has 6 nitrogen and oxygen atoms in total. The number of aromatic nitrogens is 5. The van der Waals surface area contributed by atoms with Crippen molar-refractivity contribution in [2.45, 2.75) is 13.5 Å². The molecule has 0 spiro atoms. The molecule has 0 aliphatic heterocycles. The summed E-state index contributed by atoms with van der Waals surface area (Å²) in [5.41, 5.74) is 7.14. The van der Waals surface area contributed by atoms with Gasteiger partial charge in [-0.15, -0.1) is 0 Å². The number of halogens is 1. The molecule has 0 saturated heterocycles. The van der Waals surface area contributed by atoms with Crippen molar-refractivity contribution < 1.29 is 4.39 Å². The maximum atomic E-state index is 13.3. The van der Waals surface area contributed by atoms with Crippen LogP contribution in [0.25, 0.3) is 33.5 Å². The van der Waals surface area contributed by atoms with Crippen LogP contribution in [0.3, 0.4) is 0 Å². The van der Waals surface area contributed by atoms with Crippen molar-refractivity contribution in [1.82, 2.24) is 23.5 Å². The van der Waals surface area contributed by atoms with Gasteiger partial charge in [0.05, 0.1) is 24.0 Å². The van der Waals surface area contributed by atoms with Gasteiger partial charge in [-0.2, -0.15) is 13.8 Å². The van der Waals surface area contributed by atoms with Gasteiger partial charge in [-0.25, -0.2) is 4.39 Å². The van der Waals surface area contributed by atoms with Gasteiger partial charge in [0, 0.05) is 28.9 Å². The Labute approximate surface area is 193 Å². The third-order valence-electron chi connectivity index (χ3n) is 4.89. The van der Waals surface area contributed by atoms with E-state index in [0.29, 0.717) is 6.54 Å². The van der Waals surface area contributed by atoms with Gasteiger partial charge in [0.2, 0.25) is 0 Å². The smallest absolute Gasteiger partial charge is 0.125 e. The normalized spacial score (nSPS) is 11.2. The zero-order chi connectivity index (χ0) is 21.9. The number of nitrogens with zero attached hydrogens (tertiary/aromatic N) is 5. The Kier molecular flexibility index (Phi) is 5.83. The average Bonchev–Trinajstić information content (AvgIpc) is 3.43. The van der Waals surface area contributed by atoms with E-state index in [1.807, 2.05) is 60.3 Å². The Bertz CT molecular complexity index is 1380. The maximum absolute atomic E-state index is 13.3. The van der Waals surface area contributed by atoms with Crippen LogP contribution in [0.4, 0.5) is 10.1 Å². The number of pyridine rings is 1.